The van der Waals surface area contributed by atoms with Gasteiger partial charge in [0, 0.05) is 30.4 Å². The van der Waals surface area contributed by atoms with E-state index in [1.54, 1.807) is 11.3 Å². The smallest absolute Gasteiger partial charge is 0.0771 e. The van der Waals surface area contributed by atoms with Crippen LogP contribution in [0.5, 0.6) is 0 Å². The van der Waals surface area contributed by atoms with Gasteiger partial charge in [-0.25, -0.2) is 0 Å². The predicted octanol–water partition coefficient (Wildman–Crippen LogP) is 1.70. The number of aliphatic hydroxyl groups excluding tert-OH is 1. The lowest BCUT2D eigenvalue weighted by atomic mass is 10.2. The van der Waals surface area contributed by atoms with Crippen molar-refractivity contribution in [1.82, 2.24) is 4.90 Å². The Morgan fingerprint density at radius 3 is 3.22 bits per heavy atom. The number of thiophene rings is 1. The molecule has 1 saturated heterocycles. The minimum Gasteiger partial charge on any atom is -0.395 e. The van der Waals surface area contributed by atoms with Crippen LogP contribution in [0.1, 0.15) is 23.1 Å². The van der Waals surface area contributed by atoms with Gasteiger partial charge >= 0.3 is 0 Å². The zero-order valence-electron chi connectivity index (χ0n) is 10.7. The number of ether oxygens (including phenoxy) is 1. The van der Waals surface area contributed by atoms with Crippen LogP contribution in [0.4, 0.5) is 0 Å². The Kier molecular flexibility index (Phi) is 5.21. The highest BCUT2D eigenvalue weighted by molar-refractivity contribution is 7.12. The second-order valence-corrected chi connectivity index (χ2v) is 5.60. The second-order valence-electron chi connectivity index (χ2n) is 4.44. The Bertz CT molecular complexity index is 432. The first-order chi connectivity index (χ1) is 8.79. The largest absolute Gasteiger partial charge is 0.395 e. The highest BCUT2D eigenvalue weighted by Crippen LogP contribution is 2.19. The third-order valence-electron chi connectivity index (χ3n) is 2.97. The average molecular weight is 265 g/mol. The van der Waals surface area contributed by atoms with Gasteiger partial charge in [0.15, 0.2) is 0 Å². The Morgan fingerprint density at radius 1 is 1.56 bits per heavy atom. The standard InChI is InChI=1S/C14H19NO2S/c1-12-11-17-9-7-15(12)10-14-6-5-13(18-14)4-2-3-8-16/h5-6,12,16H,3,7-11H2,1H3. The van der Waals surface area contributed by atoms with Crippen molar-refractivity contribution in [2.24, 2.45) is 0 Å². The first-order valence-electron chi connectivity index (χ1n) is 6.30. The van der Waals surface area contributed by atoms with Crippen LogP contribution in [0.3, 0.4) is 0 Å². The molecular formula is C14H19NO2S. The van der Waals surface area contributed by atoms with Gasteiger partial charge in [-0.1, -0.05) is 11.8 Å². The van der Waals surface area contributed by atoms with E-state index in [4.69, 9.17) is 9.84 Å². The zero-order chi connectivity index (χ0) is 12.8. The first kappa shape index (κ1) is 13.6. The Labute approximate surface area is 112 Å². The van der Waals surface area contributed by atoms with Gasteiger partial charge in [0.05, 0.1) is 24.7 Å². The molecule has 0 spiro atoms. The molecule has 98 valence electrons. The molecule has 1 aromatic heterocycles. The summed E-state index contributed by atoms with van der Waals surface area (Å²) >= 11 is 1.74. The maximum Gasteiger partial charge on any atom is 0.0771 e. The van der Waals surface area contributed by atoms with Crippen LogP contribution in [0, 0.1) is 11.8 Å². The van der Waals surface area contributed by atoms with E-state index >= 15 is 0 Å². The summed E-state index contributed by atoms with van der Waals surface area (Å²) in [7, 11) is 0. The molecule has 0 saturated carbocycles. The lowest BCUT2D eigenvalue weighted by Gasteiger charge is -2.32. The number of aliphatic hydroxyl groups is 1. The maximum atomic E-state index is 8.68. The number of nitrogens with zero attached hydrogens (tertiary/aromatic N) is 1. The molecule has 1 fully saturated rings. The molecular weight excluding hydrogens is 246 g/mol. The molecule has 2 rings (SSSR count). The second kappa shape index (κ2) is 6.91. The molecule has 0 aliphatic carbocycles. The molecule has 1 aliphatic heterocycles. The molecule has 0 bridgehead atoms. The highest BCUT2D eigenvalue weighted by atomic mass is 32.1. The molecule has 1 aliphatic rings. The molecule has 1 aromatic rings. The van der Waals surface area contributed by atoms with E-state index in [9.17, 15) is 0 Å². The van der Waals surface area contributed by atoms with Crippen molar-refractivity contribution in [3.63, 3.8) is 0 Å². The van der Waals surface area contributed by atoms with Crippen LogP contribution in [-0.4, -0.2) is 42.4 Å². The molecule has 1 unspecified atom stereocenters. The van der Waals surface area contributed by atoms with Crippen LogP contribution < -0.4 is 0 Å². The minimum atomic E-state index is 0.135. The van der Waals surface area contributed by atoms with E-state index in [0.717, 1.165) is 31.2 Å². The molecule has 0 aromatic carbocycles. The van der Waals surface area contributed by atoms with Gasteiger partial charge in [-0.05, 0) is 19.1 Å². The fourth-order valence-corrected chi connectivity index (χ4v) is 2.84. The molecule has 0 amide bonds. The third-order valence-corrected chi connectivity index (χ3v) is 3.96. The SMILES string of the molecule is CC1COCCN1Cc1ccc(C#CCCO)s1. The lowest BCUT2D eigenvalue weighted by molar-refractivity contribution is -0.00391. The summed E-state index contributed by atoms with van der Waals surface area (Å²) in [6, 6.07) is 4.70. The van der Waals surface area contributed by atoms with Crippen molar-refractivity contribution >= 4 is 11.3 Å². The van der Waals surface area contributed by atoms with E-state index in [0.29, 0.717) is 12.5 Å². The third kappa shape index (κ3) is 3.82. The molecule has 0 radical (unpaired) electrons. The van der Waals surface area contributed by atoms with Crippen LogP contribution in [0.25, 0.3) is 0 Å². The van der Waals surface area contributed by atoms with Crippen molar-refractivity contribution in [1.29, 1.82) is 0 Å². The van der Waals surface area contributed by atoms with Crippen LogP contribution >= 0.6 is 11.3 Å². The van der Waals surface area contributed by atoms with E-state index in [2.05, 4.69) is 35.8 Å². The molecule has 1 N–H and O–H groups in total. The van der Waals surface area contributed by atoms with Gasteiger partial charge in [0.2, 0.25) is 0 Å². The maximum absolute atomic E-state index is 8.68. The number of rotatable bonds is 3. The number of morpholine rings is 1. The van der Waals surface area contributed by atoms with Crippen molar-refractivity contribution in [2.45, 2.75) is 25.9 Å². The Balaban J connectivity index is 1.92. The highest BCUT2D eigenvalue weighted by Gasteiger charge is 2.19. The molecule has 1 atom stereocenters. The van der Waals surface area contributed by atoms with Crippen molar-refractivity contribution in [3.8, 4) is 11.8 Å². The van der Waals surface area contributed by atoms with Crippen LogP contribution in [0.15, 0.2) is 12.1 Å². The summed E-state index contributed by atoms with van der Waals surface area (Å²) < 4.78 is 5.44. The first-order valence-corrected chi connectivity index (χ1v) is 7.11. The quantitative estimate of drug-likeness (QED) is 0.844. The van der Waals surface area contributed by atoms with Gasteiger partial charge in [-0.2, -0.15) is 0 Å². The van der Waals surface area contributed by atoms with Crippen LogP contribution in [-0.2, 0) is 11.3 Å². The fraction of sp³-hybridized carbons (Fsp3) is 0.571. The van der Waals surface area contributed by atoms with E-state index in [1.807, 2.05) is 0 Å². The van der Waals surface area contributed by atoms with E-state index < -0.39 is 0 Å². The normalized spacial score (nSPS) is 20.4. The molecule has 4 heteroatoms. The number of hydrogen-bond donors (Lipinski definition) is 1. The van der Waals surface area contributed by atoms with Gasteiger partial charge in [0.25, 0.3) is 0 Å². The fourth-order valence-electron chi connectivity index (χ4n) is 1.93. The summed E-state index contributed by atoms with van der Waals surface area (Å²) in [5, 5.41) is 8.68. The Hall–Kier alpha value is -0.860. The van der Waals surface area contributed by atoms with Crippen molar-refractivity contribution in [3.05, 3.63) is 21.9 Å². The van der Waals surface area contributed by atoms with Crippen molar-refractivity contribution in [2.75, 3.05) is 26.4 Å². The molecule has 3 nitrogen and oxygen atoms in total. The summed E-state index contributed by atoms with van der Waals surface area (Å²) in [5.74, 6) is 6.03. The van der Waals surface area contributed by atoms with Gasteiger partial charge in [-0.3, -0.25) is 4.90 Å². The molecule has 18 heavy (non-hydrogen) atoms. The van der Waals surface area contributed by atoms with E-state index in [-0.39, 0.29) is 6.61 Å². The summed E-state index contributed by atoms with van der Waals surface area (Å²) in [5.41, 5.74) is 0. The monoisotopic (exact) mass is 265 g/mol. The minimum absolute atomic E-state index is 0.135. The van der Waals surface area contributed by atoms with Gasteiger partial charge in [-0.15, -0.1) is 11.3 Å². The van der Waals surface area contributed by atoms with Crippen LogP contribution in [0.2, 0.25) is 0 Å². The predicted molar refractivity (Wildman–Crippen MR) is 73.6 cm³/mol. The zero-order valence-corrected chi connectivity index (χ0v) is 11.5. The lowest BCUT2D eigenvalue weighted by Crippen LogP contribution is -2.42. The molecule has 2 heterocycles. The number of hydrogen-bond acceptors (Lipinski definition) is 4. The summed E-state index contributed by atoms with van der Waals surface area (Å²) in [6.45, 7) is 5.99. The summed E-state index contributed by atoms with van der Waals surface area (Å²) in [4.78, 5) is 4.87. The topological polar surface area (TPSA) is 32.7 Å². The van der Waals surface area contributed by atoms with Gasteiger partial charge < -0.3 is 9.84 Å². The van der Waals surface area contributed by atoms with Gasteiger partial charge in [0.1, 0.15) is 0 Å². The average Bonchev–Trinajstić information content (AvgIpc) is 2.80. The van der Waals surface area contributed by atoms with E-state index in [1.165, 1.54) is 4.88 Å². The van der Waals surface area contributed by atoms with Crippen molar-refractivity contribution < 1.29 is 9.84 Å². The summed E-state index contributed by atoms with van der Waals surface area (Å²) in [6.07, 6.45) is 0.549. The Morgan fingerprint density at radius 2 is 2.44 bits per heavy atom.